The highest BCUT2D eigenvalue weighted by Gasteiger charge is 2.05. The Morgan fingerprint density at radius 1 is 1.20 bits per heavy atom. The Kier molecular flexibility index (Phi) is 5.76. The van der Waals surface area contributed by atoms with Crippen LogP contribution in [-0.4, -0.2) is 22.8 Å². The van der Waals surface area contributed by atoms with Crippen LogP contribution in [0.15, 0.2) is 24.3 Å². The number of aromatic nitrogens is 2. The smallest absolute Gasteiger partial charge is 0.155 e. The minimum atomic E-state index is 0.441. The van der Waals surface area contributed by atoms with E-state index in [4.69, 9.17) is 16.3 Å². The van der Waals surface area contributed by atoms with Crippen molar-refractivity contribution in [1.82, 2.24) is 15.5 Å². The maximum atomic E-state index is 5.82. The molecule has 0 aliphatic rings. The van der Waals surface area contributed by atoms with Crippen LogP contribution < -0.4 is 10.1 Å². The molecule has 0 unspecified atom stereocenters. The first-order chi connectivity index (χ1) is 9.63. The van der Waals surface area contributed by atoms with Crippen LogP contribution in [0.1, 0.15) is 23.9 Å². The Balaban J connectivity index is 1.79. The largest absolute Gasteiger partial charge is 0.486 e. The first-order valence-corrected chi connectivity index (χ1v) is 7.76. The van der Waals surface area contributed by atoms with Gasteiger partial charge in [0.15, 0.2) is 5.01 Å². The van der Waals surface area contributed by atoms with E-state index in [1.54, 1.807) is 23.5 Å². The van der Waals surface area contributed by atoms with Crippen LogP contribution in [0.5, 0.6) is 5.75 Å². The van der Waals surface area contributed by atoms with Crippen molar-refractivity contribution in [3.63, 3.8) is 0 Å². The maximum Gasteiger partial charge on any atom is 0.155 e. The molecule has 4 nitrogen and oxygen atoms in total. The third-order valence-electron chi connectivity index (χ3n) is 2.58. The Bertz CT molecular complexity index is 527. The van der Waals surface area contributed by atoms with Gasteiger partial charge in [-0.3, -0.25) is 0 Å². The second-order valence-electron chi connectivity index (χ2n) is 4.69. The molecule has 2 rings (SSSR count). The van der Waals surface area contributed by atoms with E-state index in [0.29, 0.717) is 17.7 Å². The predicted octanol–water partition coefficient (Wildman–Crippen LogP) is 3.31. The monoisotopic (exact) mass is 311 g/mol. The second-order valence-corrected chi connectivity index (χ2v) is 6.27. The molecule has 0 radical (unpaired) electrons. The lowest BCUT2D eigenvalue weighted by Gasteiger charge is -2.05. The number of hydrogen-bond donors (Lipinski definition) is 1. The highest BCUT2D eigenvalue weighted by molar-refractivity contribution is 7.11. The molecule has 108 valence electrons. The van der Waals surface area contributed by atoms with Gasteiger partial charge in [0.25, 0.3) is 0 Å². The van der Waals surface area contributed by atoms with Gasteiger partial charge in [0, 0.05) is 24.0 Å². The van der Waals surface area contributed by atoms with Crippen LogP contribution in [0.4, 0.5) is 0 Å². The SMILES string of the molecule is CC(C)NCCc1nnc(COc2ccc(Cl)cc2)s1. The van der Waals surface area contributed by atoms with Crippen molar-refractivity contribution in [2.24, 2.45) is 0 Å². The third-order valence-corrected chi connectivity index (χ3v) is 3.78. The van der Waals surface area contributed by atoms with Crippen molar-refractivity contribution in [3.8, 4) is 5.75 Å². The van der Waals surface area contributed by atoms with Gasteiger partial charge >= 0.3 is 0 Å². The van der Waals surface area contributed by atoms with Crippen molar-refractivity contribution in [2.45, 2.75) is 32.9 Å². The molecular weight excluding hydrogens is 294 g/mol. The molecule has 0 fully saturated rings. The minimum absolute atomic E-state index is 0.441. The zero-order chi connectivity index (χ0) is 14.4. The van der Waals surface area contributed by atoms with Gasteiger partial charge in [-0.1, -0.05) is 36.8 Å². The molecule has 1 heterocycles. The zero-order valence-electron chi connectivity index (χ0n) is 11.6. The molecule has 0 saturated carbocycles. The molecule has 0 amide bonds. The average molecular weight is 312 g/mol. The van der Waals surface area contributed by atoms with Crippen molar-refractivity contribution >= 4 is 22.9 Å². The number of rotatable bonds is 7. The van der Waals surface area contributed by atoms with Gasteiger partial charge in [-0.05, 0) is 24.3 Å². The minimum Gasteiger partial charge on any atom is -0.486 e. The number of nitrogens with zero attached hydrogens (tertiary/aromatic N) is 2. The number of halogens is 1. The van der Waals surface area contributed by atoms with Gasteiger partial charge in [-0.15, -0.1) is 10.2 Å². The Labute approximate surface area is 128 Å². The maximum absolute atomic E-state index is 5.82. The van der Waals surface area contributed by atoms with E-state index in [-0.39, 0.29) is 0 Å². The molecule has 0 bridgehead atoms. The Morgan fingerprint density at radius 2 is 1.90 bits per heavy atom. The van der Waals surface area contributed by atoms with Gasteiger partial charge in [-0.25, -0.2) is 0 Å². The van der Waals surface area contributed by atoms with Crippen LogP contribution in [0, 0.1) is 0 Å². The molecule has 0 aliphatic heterocycles. The van der Waals surface area contributed by atoms with E-state index in [2.05, 4.69) is 29.4 Å². The molecule has 0 spiro atoms. The summed E-state index contributed by atoms with van der Waals surface area (Å²) in [4.78, 5) is 0. The lowest BCUT2D eigenvalue weighted by molar-refractivity contribution is 0.304. The normalized spacial score (nSPS) is 11.0. The van der Waals surface area contributed by atoms with E-state index in [1.807, 2.05) is 12.1 Å². The van der Waals surface area contributed by atoms with Crippen molar-refractivity contribution < 1.29 is 4.74 Å². The van der Waals surface area contributed by atoms with E-state index < -0.39 is 0 Å². The van der Waals surface area contributed by atoms with Crippen molar-refractivity contribution in [2.75, 3.05) is 6.54 Å². The molecule has 0 atom stereocenters. The molecule has 0 aliphatic carbocycles. The van der Waals surface area contributed by atoms with Gasteiger partial charge in [0.1, 0.15) is 17.4 Å². The predicted molar refractivity (Wildman–Crippen MR) is 82.5 cm³/mol. The number of benzene rings is 1. The number of ether oxygens (including phenoxy) is 1. The third kappa shape index (κ3) is 5.07. The topological polar surface area (TPSA) is 47.0 Å². The molecule has 1 aromatic heterocycles. The van der Waals surface area contributed by atoms with Gasteiger partial charge in [-0.2, -0.15) is 0 Å². The number of nitrogens with one attached hydrogen (secondary N) is 1. The van der Waals surface area contributed by atoms with Crippen LogP contribution in [0.2, 0.25) is 5.02 Å². The fraction of sp³-hybridized carbons (Fsp3) is 0.429. The first kappa shape index (κ1) is 15.2. The standard InChI is InChI=1S/C14H18ClN3OS/c1-10(2)16-8-7-13-17-18-14(20-13)9-19-12-5-3-11(15)4-6-12/h3-6,10,16H,7-9H2,1-2H3. The fourth-order valence-corrected chi connectivity index (χ4v) is 2.47. The van der Waals surface area contributed by atoms with E-state index in [1.165, 1.54) is 0 Å². The van der Waals surface area contributed by atoms with Crippen LogP contribution >= 0.6 is 22.9 Å². The summed E-state index contributed by atoms with van der Waals surface area (Å²) in [5.41, 5.74) is 0. The van der Waals surface area contributed by atoms with Crippen LogP contribution in [-0.2, 0) is 13.0 Å². The van der Waals surface area contributed by atoms with Crippen LogP contribution in [0.25, 0.3) is 0 Å². The zero-order valence-corrected chi connectivity index (χ0v) is 13.2. The lowest BCUT2D eigenvalue weighted by Crippen LogP contribution is -2.24. The Hall–Kier alpha value is -1.17. The fourth-order valence-electron chi connectivity index (χ4n) is 1.59. The van der Waals surface area contributed by atoms with Gasteiger partial charge in [0.2, 0.25) is 0 Å². The molecule has 20 heavy (non-hydrogen) atoms. The van der Waals surface area contributed by atoms with Crippen molar-refractivity contribution in [1.29, 1.82) is 0 Å². The molecule has 1 N–H and O–H groups in total. The van der Waals surface area contributed by atoms with Gasteiger partial charge in [0.05, 0.1) is 0 Å². The van der Waals surface area contributed by atoms with Crippen molar-refractivity contribution in [3.05, 3.63) is 39.3 Å². The highest BCUT2D eigenvalue weighted by Crippen LogP contribution is 2.18. The molecule has 6 heteroatoms. The van der Waals surface area contributed by atoms with E-state index >= 15 is 0 Å². The second kappa shape index (κ2) is 7.57. The quantitative estimate of drug-likeness (QED) is 0.852. The molecular formula is C14H18ClN3OS. The summed E-state index contributed by atoms with van der Waals surface area (Å²) in [5, 5.41) is 14.3. The summed E-state index contributed by atoms with van der Waals surface area (Å²) in [7, 11) is 0. The summed E-state index contributed by atoms with van der Waals surface area (Å²) >= 11 is 7.41. The molecule has 1 aromatic carbocycles. The van der Waals surface area contributed by atoms with Gasteiger partial charge < -0.3 is 10.1 Å². The van der Waals surface area contributed by atoms with E-state index in [9.17, 15) is 0 Å². The Morgan fingerprint density at radius 3 is 2.60 bits per heavy atom. The number of hydrogen-bond acceptors (Lipinski definition) is 5. The lowest BCUT2D eigenvalue weighted by atomic mass is 10.3. The summed E-state index contributed by atoms with van der Waals surface area (Å²) in [6.07, 6.45) is 0.900. The average Bonchev–Trinajstić information content (AvgIpc) is 2.86. The first-order valence-electron chi connectivity index (χ1n) is 6.56. The van der Waals surface area contributed by atoms with Crippen LogP contribution in [0.3, 0.4) is 0 Å². The highest BCUT2D eigenvalue weighted by atomic mass is 35.5. The van der Waals surface area contributed by atoms with E-state index in [0.717, 1.165) is 28.7 Å². The summed E-state index contributed by atoms with van der Waals surface area (Å²) < 4.78 is 5.64. The summed E-state index contributed by atoms with van der Waals surface area (Å²) in [5.74, 6) is 0.785. The summed E-state index contributed by atoms with van der Waals surface area (Å²) in [6.45, 7) is 5.62. The summed E-state index contributed by atoms with van der Waals surface area (Å²) in [6, 6.07) is 7.80. The molecule has 2 aromatic rings. The molecule has 0 saturated heterocycles.